The van der Waals surface area contributed by atoms with Crippen LogP contribution in [-0.2, 0) is 0 Å². The number of hydrogen-bond donors (Lipinski definition) is 0. The first kappa shape index (κ1) is 16.3. The Hall–Kier alpha value is 1.21. The molecule has 17 heavy (non-hydrogen) atoms. The van der Waals surface area contributed by atoms with E-state index in [0.29, 0.717) is 0 Å². The van der Waals surface area contributed by atoms with Gasteiger partial charge in [-0.1, -0.05) is 92.8 Å². The van der Waals surface area contributed by atoms with E-state index >= 15 is 0 Å². The lowest BCUT2D eigenvalue weighted by Gasteiger charge is -2.09. The van der Waals surface area contributed by atoms with Crippen LogP contribution in [0.5, 0.6) is 0 Å². The molecule has 0 aliphatic heterocycles. The van der Waals surface area contributed by atoms with Gasteiger partial charge in [-0.3, -0.25) is 4.99 Å². The molecule has 0 aliphatic carbocycles. The monoisotopic (exact) mass is 391 g/mol. The van der Waals surface area contributed by atoms with Gasteiger partial charge >= 0.3 is 0 Å². The van der Waals surface area contributed by atoms with Crippen molar-refractivity contribution in [3.05, 3.63) is 25.1 Å². The third-order valence-electron chi connectivity index (χ3n) is 1.53. The fourth-order valence-corrected chi connectivity index (χ4v) is 2.22. The molecule has 0 aliphatic rings. The maximum absolute atomic E-state index is 5.90. The minimum atomic E-state index is -1.69. The van der Waals surface area contributed by atoms with Crippen molar-refractivity contribution in [3.63, 3.8) is 0 Å². The number of halogens is 8. The Morgan fingerprint density at radius 2 is 1.06 bits per heavy atom. The zero-order chi connectivity index (χ0) is 13.4. The number of hydrogen-bond acceptors (Lipinski definition) is 1. The summed E-state index contributed by atoms with van der Waals surface area (Å²) in [7, 11) is 0. The lowest BCUT2D eigenvalue weighted by molar-refractivity contribution is 1.49. The van der Waals surface area contributed by atoms with Crippen LogP contribution in [0.25, 0.3) is 0 Å². The van der Waals surface area contributed by atoms with Crippen LogP contribution in [0.15, 0.2) is 4.99 Å². The maximum Gasteiger partial charge on any atom is 0.225 e. The largest absolute Gasteiger partial charge is 0.254 e. The fraction of sp³-hybridized carbons (Fsp3) is 0.125. The fourth-order valence-electron chi connectivity index (χ4n) is 0.844. The van der Waals surface area contributed by atoms with E-state index in [1.165, 1.54) is 0 Å². The van der Waals surface area contributed by atoms with Crippen LogP contribution in [0.3, 0.4) is 0 Å². The number of nitrogens with zero attached hydrogens (tertiary/aromatic N) is 1. The van der Waals surface area contributed by atoms with E-state index in [0.717, 1.165) is 6.21 Å². The third kappa shape index (κ3) is 4.09. The lowest BCUT2D eigenvalue weighted by Crippen LogP contribution is -2.02. The normalized spacial score (nSPS) is 12.5. The number of rotatable bonds is 1. The second-order valence-corrected chi connectivity index (χ2v) is 6.98. The van der Waals surface area contributed by atoms with Gasteiger partial charge in [-0.25, -0.2) is 0 Å². The molecular weight excluding hydrogens is 394 g/mol. The second kappa shape index (κ2) is 6.11. The van der Waals surface area contributed by atoms with Crippen molar-refractivity contribution in [2.75, 3.05) is 0 Å². The molecule has 1 rings (SSSR count). The van der Waals surface area contributed by atoms with Crippen molar-refractivity contribution in [3.8, 4) is 0 Å². The minimum absolute atomic E-state index is 0.0246. The Bertz CT molecular complexity index is 446. The summed E-state index contributed by atoms with van der Waals surface area (Å²) in [6, 6.07) is 0. The first-order valence-corrected chi connectivity index (χ1v) is 6.81. The highest BCUT2D eigenvalue weighted by molar-refractivity contribution is 6.74. The minimum Gasteiger partial charge on any atom is -0.254 e. The van der Waals surface area contributed by atoms with Crippen molar-refractivity contribution in [2.24, 2.45) is 4.99 Å². The molecule has 0 fully saturated rings. The van der Waals surface area contributed by atoms with Gasteiger partial charge in [-0.05, 0) is 0 Å². The zero-order valence-corrected chi connectivity index (χ0v) is 13.6. The number of benzene rings is 1. The SMILES string of the molecule is Clc1c(Cl)c(Cl)c(N=CC(Cl)(Cl)Cl)c(Cl)c1Cl. The smallest absolute Gasteiger partial charge is 0.225 e. The molecular formula is C8HCl8N. The molecule has 0 heterocycles. The van der Waals surface area contributed by atoms with Crippen molar-refractivity contribution in [1.29, 1.82) is 0 Å². The molecule has 0 spiro atoms. The van der Waals surface area contributed by atoms with Crippen LogP contribution in [0.2, 0.25) is 25.1 Å². The summed E-state index contributed by atoms with van der Waals surface area (Å²) >= 11 is 45.8. The quantitative estimate of drug-likeness (QED) is 0.210. The van der Waals surface area contributed by atoms with E-state index in [9.17, 15) is 0 Å². The summed E-state index contributed by atoms with van der Waals surface area (Å²) in [5.74, 6) is 0. The Morgan fingerprint density at radius 3 is 1.41 bits per heavy atom. The molecule has 94 valence electrons. The molecule has 0 bridgehead atoms. The summed E-state index contributed by atoms with van der Waals surface area (Å²) in [6.07, 6.45) is 1.02. The van der Waals surface area contributed by atoms with Crippen molar-refractivity contribution < 1.29 is 0 Å². The highest BCUT2D eigenvalue weighted by atomic mass is 35.6. The van der Waals surface area contributed by atoms with Crippen molar-refractivity contribution in [2.45, 2.75) is 3.79 Å². The van der Waals surface area contributed by atoms with Crippen molar-refractivity contribution >= 4 is 105 Å². The topological polar surface area (TPSA) is 12.4 Å². The molecule has 0 saturated heterocycles. The molecule has 1 nitrogen and oxygen atoms in total. The van der Waals surface area contributed by atoms with Crippen molar-refractivity contribution in [1.82, 2.24) is 0 Å². The van der Waals surface area contributed by atoms with Crippen LogP contribution in [0.4, 0.5) is 5.69 Å². The van der Waals surface area contributed by atoms with E-state index in [1.807, 2.05) is 0 Å². The lowest BCUT2D eigenvalue weighted by atomic mass is 10.3. The predicted octanol–water partition coefficient (Wildman–Crippen LogP) is 7.03. The van der Waals surface area contributed by atoms with Gasteiger partial charge in [0.15, 0.2) is 0 Å². The molecule has 0 aromatic heterocycles. The second-order valence-electron chi connectivity index (χ2n) is 2.72. The van der Waals surface area contributed by atoms with Crippen LogP contribution < -0.4 is 0 Å². The average molecular weight is 395 g/mol. The Balaban J connectivity index is 3.40. The molecule has 0 N–H and O–H groups in total. The molecule has 0 radical (unpaired) electrons. The van der Waals surface area contributed by atoms with Gasteiger partial charge in [-0.2, -0.15) is 0 Å². The molecule has 0 saturated carbocycles. The standard InChI is InChI=1S/C8HCl8N/c9-2-3(10)5(12)7(6(13)4(2)11)17-1-8(14,15)16/h1H. The Kier molecular flexibility index (Phi) is 5.84. The van der Waals surface area contributed by atoms with Crippen LogP contribution >= 0.6 is 92.8 Å². The maximum atomic E-state index is 5.90. The van der Waals surface area contributed by atoms with Gasteiger partial charge in [0.1, 0.15) is 5.69 Å². The van der Waals surface area contributed by atoms with Gasteiger partial charge in [0.25, 0.3) is 0 Å². The molecule has 0 unspecified atom stereocenters. The first-order valence-electron chi connectivity index (χ1n) is 3.78. The van der Waals surface area contributed by atoms with Gasteiger partial charge < -0.3 is 0 Å². The highest BCUT2D eigenvalue weighted by Gasteiger charge is 2.21. The van der Waals surface area contributed by atoms with E-state index in [1.54, 1.807) is 0 Å². The highest BCUT2D eigenvalue weighted by Crippen LogP contribution is 2.48. The Morgan fingerprint density at radius 1 is 0.706 bits per heavy atom. The van der Waals surface area contributed by atoms with E-state index < -0.39 is 3.79 Å². The third-order valence-corrected chi connectivity index (χ3v) is 4.08. The van der Waals surface area contributed by atoms with Crippen LogP contribution in [0, 0.1) is 0 Å². The molecule has 9 heteroatoms. The van der Waals surface area contributed by atoms with Gasteiger partial charge in [0, 0.05) is 0 Å². The molecule has 1 aromatic rings. The summed E-state index contributed by atoms with van der Waals surface area (Å²) in [4.78, 5) is 3.83. The molecule has 0 amide bonds. The summed E-state index contributed by atoms with van der Waals surface area (Å²) in [5, 5.41) is 0.141. The van der Waals surface area contributed by atoms with Crippen LogP contribution in [0.1, 0.15) is 0 Å². The Labute approximate surface area is 137 Å². The van der Waals surface area contributed by atoms with E-state index in [4.69, 9.17) is 92.8 Å². The van der Waals surface area contributed by atoms with Gasteiger partial charge in [0.2, 0.25) is 3.79 Å². The van der Waals surface area contributed by atoms with Gasteiger partial charge in [0.05, 0.1) is 31.3 Å². The average Bonchev–Trinajstić information content (AvgIpc) is 2.22. The summed E-state index contributed by atoms with van der Waals surface area (Å²) in [5.41, 5.74) is 0.0825. The van der Waals surface area contributed by atoms with E-state index in [-0.39, 0.29) is 30.8 Å². The zero-order valence-electron chi connectivity index (χ0n) is 7.55. The summed E-state index contributed by atoms with van der Waals surface area (Å²) < 4.78 is -1.69. The van der Waals surface area contributed by atoms with Crippen LogP contribution in [-0.4, -0.2) is 10.0 Å². The van der Waals surface area contributed by atoms with Gasteiger partial charge in [-0.15, -0.1) is 0 Å². The predicted molar refractivity (Wildman–Crippen MR) is 79.9 cm³/mol. The molecule has 1 aromatic carbocycles. The first-order chi connectivity index (χ1) is 7.65. The number of alkyl halides is 3. The summed E-state index contributed by atoms with van der Waals surface area (Å²) in [6.45, 7) is 0. The van der Waals surface area contributed by atoms with E-state index in [2.05, 4.69) is 4.99 Å². The molecule has 0 atom stereocenters. The number of aliphatic imine (C=N–C) groups is 1.